The summed E-state index contributed by atoms with van der Waals surface area (Å²) in [4.78, 5) is 0. The van der Waals surface area contributed by atoms with Crippen molar-refractivity contribution in [2.45, 2.75) is 44.5 Å². The summed E-state index contributed by atoms with van der Waals surface area (Å²) in [6, 6.07) is 6.09. The molecular weight excluding hydrogens is 282 g/mol. The fourth-order valence-electron chi connectivity index (χ4n) is 2.74. The first-order valence-electron chi connectivity index (χ1n) is 7.72. The van der Waals surface area contributed by atoms with Gasteiger partial charge in [0, 0.05) is 17.8 Å². The van der Waals surface area contributed by atoms with Crippen LogP contribution in [0.2, 0.25) is 0 Å². The average molecular weight is 309 g/mol. The van der Waals surface area contributed by atoms with E-state index < -0.39 is 6.10 Å². The lowest BCUT2D eigenvalue weighted by Gasteiger charge is -2.24. The van der Waals surface area contributed by atoms with Crippen molar-refractivity contribution in [3.05, 3.63) is 29.3 Å². The lowest BCUT2D eigenvalue weighted by Crippen LogP contribution is -2.39. The first-order valence-corrected chi connectivity index (χ1v) is 8.70. The summed E-state index contributed by atoms with van der Waals surface area (Å²) in [6.45, 7) is 8.25. The largest absolute Gasteiger partial charge is 0.490 e. The van der Waals surface area contributed by atoms with Crippen LogP contribution in [0.1, 0.15) is 30.9 Å². The number of hydrogen-bond acceptors (Lipinski definition) is 4. The van der Waals surface area contributed by atoms with Crippen LogP contribution in [0, 0.1) is 13.8 Å². The maximum atomic E-state index is 10.1. The second-order valence-corrected chi connectivity index (χ2v) is 7.90. The molecule has 1 aliphatic rings. The van der Waals surface area contributed by atoms with Crippen molar-refractivity contribution in [3.8, 4) is 5.75 Å². The van der Waals surface area contributed by atoms with Crippen molar-refractivity contribution < 1.29 is 9.84 Å². The summed E-state index contributed by atoms with van der Waals surface area (Å²) in [5.74, 6) is 2.16. The van der Waals surface area contributed by atoms with E-state index in [1.165, 1.54) is 18.6 Å². The minimum absolute atomic E-state index is 0.336. The van der Waals surface area contributed by atoms with Crippen molar-refractivity contribution in [3.63, 3.8) is 0 Å². The minimum atomic E-state index is -0.473. The Hall–Kier alpha value is -0.710. The molecule has 1 aromatic rings. The Kier molecular flexibility index (Phi) is 5.97. The van der Waals surface area contributed by atoms with Gasteiger partial charge in [-0.2, -0.15) is 11.8 Å². The molecule has 0 saturated carbocycles. The molecule has 2 N–H and O–H groups in total. The molecule has 0 bridgehead atoms. The molecule has 1 saturated heterocycles. The Morgan fingerprint density at radius 1 is 1.38 bits per heavy atom. The van der Waals surface area contributed by atoms with Crippen LogP contribution in [-0.2, 0) is 0 Å². The van der Waals surface area contributed by atoms with Crippen molar-refractivity contribution in [1.82, 2.24) is 5.32 Å². The van der Waals surface area contributed by atoms with Gasteiger partial charge in [0.2, 0.25) is 0 Å². The number of hydrogen-bond donors (Lipinski definition) is 2. The fourth-order valence-corrected chi connectivity index (χ4v) is 4.02. The van der Waals surface area contributed by atoms with Gasteiger partial charge in [0.25, 0.3) is 0 Å². The summed E-state index contributed by atoms with van der Waals surface area (Å²) < 4.78 is 6.12. The lowest BCUT2D eigenvalue weighted by molar-refractivity contribution is 0.105. The van der Waals surface area contributed by atoms with Gasteiger partial charge >= 0.3 is 0 Å². The van der Waals surface area contributed by atoms with E-state index >= 15 is 0 Å². The molecule has 0 aromatic heterocycles. The third-order valence-corrected chi connectivity index (χ3v) is 5.55. The molecule has 0 radical (unpaired) electrons. The molecule has 118 valence electrons. The minimum Gasteiger partial charge on any atom is -0.490 e. The van der Waals surface area contributed by atoms with Gasteiger partial charge in [0.15, 0.2) is 0 Å². The predicted octanol–water partition coefficient (Wildman–Crippen LogP) is 2.92. The zero-order valence-electron chi connectivity index (χ0n) is 13.3. The van der Waals surface area contributed by atoms with E-state index in [0.717, 1.165) is 23.4 Å². The SMILES string of the molecule is Cc1cccc(C)c1OCC(O)CNCC1(C)CCCS1. The van der Waals surface area contributed by atoms with Crippen LogP contribution in [0.4, 0.5) is 0 Å². The number of ether oxygens (including phenoxy) is 1. The van der Waals surface area contributed by atoms with Crippen LogP contribution in [0.25, 0.3) is 0 Å². The third-order valence-electron chi connectivity index (χ3n) is 4.01. The molecule has 0 spiro atoms. The topological polar surface area (TPSA) is 41.5 Å². The summed E-state index contributed by atoms with van der Waals surface area (Å²) in [7, 11) is 0. The van der Waals surface area contributed by atoms with E-state index in [-0.39, 0.29) is 0 Å². The van der Waals surface area contributed by atoms with Crippen LogP contribution in [-0.4, -0.2) is 41.4 Å². The van der Waals surface area contributed by atoms with Crippen molar-refractivity contribution in [2.24, 2.45) is 0 Å². The van der Waals surface area contributed by atoms with E-state index in [2.05, 4.69) is 12.2 Å². The van der Waals surface area contributed by atoms with Gasteiger partial charge in [-0.1, -0.05) is 18.2 Å². The molecular formula is C17H27NO2S. The van der Waals surface area contributed by atoms with Gasteiger partial charge in [0.05, 0.1) is 0 Å². The van der Waals surface area contributed by atoms with E-state index in [0.29, 0.717) is 17.9 Å². The number of benzene rings is 1. The molecule has 1 fully saturated rings. The molecule has 1 heterocycles. The van der Waals surface area contributed by atoms with E-state index in [1.54, 1.807) is 0 Å². The maximum absolute atomic E-state index is 10.1. The lowest BCUT2D eigenvalue weighted by atomic mass is 10.1. The van der Waals surface area contributed by atoms with Crippen molar-refractivity contribution >= 4 is 11.8 Å². The first-order chi connectivity index (χ1) is 10.0. The molecule has 1 aromatic carbocycles. The van der Waals surface area contributed by atoms with Crippen LogP contribution >= 0.6 is 11.8 Å². The van der Waals surface area contributed by atoms with Crippen LogP contribution in [0.3, 0.4) is 0 Å². The van der Waals surface area contributed by atoms with Crippen molar-refractivity contribution in [2.75, 3.05) is 25.4 Å². The van der Waals surface area contributed by atoms with Crippen LogP contribution < -0.4 is 10.1 Å². The number of aliphatic hydroxyl groups excluding tert-OH is 1. The predicted molar refractivity (Wildman–Crippen MR) is 90.4 cm³/mol. The standard InChI is InChI=1S/C17H27NO2S/c1-13-6-4-7-14(2)16(13)20-11-15(19)10-18-12-17(3)8-5-9-21-17/h4,6-7,15,18-19H,5,8-12H2,1-3H3. The molecule has 4 heteroatoms. The quantitative estimate of drug-likeness (QED) is 0.812. The number of para-hydroxylation sites is 1. The Bertz CT molecular complexity index is 438. The number of rotatable bonds is 7. The molecule has 0 amide bonds. The Balaban J connectivity index is 1.71. The average Bonchev–Trinajstić information content (AvgIpc) is 2.85. The summed E-state index contributed by atoms with van der Waals surface area (Å²) in [6.07, 6.45) is 2.10. The highest BCUT2D eigenvalue weighted by Crippen LogP contribution is 2.36. The zero-order chi connectivity index (χ0) is 15.3. The second kappa shape index (κ2) is 7.52. The van der Waals surface area contributed by atoms with Gasteiger partial charge in [-0.25, -0.2) is 0 Å². The third kappa shape index (κ3) is 4.90. The Morgan fingerprint density at radius 3 is 2.71 bits per heavy atom. The van der Waals surface area contributed by atoms with Gasteiger partial charge in [0.1, 0.15) is 18.5 Å². The fraction of sp³-hybridized carbons (Fsp3) is 0.647. The first kappa shape index (κ1) is 16.7. The van der Waals surface area contributed by atoms with E-state index in [1.807, 2.05) is 43.8 Å². The Labute approximate surface area is 132 Å². The summed E-state index contributed by atoms with van der Waals surface area (Å²) in [5.41, 5.74) is 2.23. The molecule has 2 atom stereocenters. The molecule has 21 heavy (non-hydrogen) atoms. The van der Waals surface area contributed by atoms with Crippen LogP contribution in [0.15, 0.2) is 18.2 Å². The summed E-state index contributed by atoms with van der Waals surface area (Å²) >= 11 is 2.04. The number of aryl methyl sites for hydroxylation is 2. The smallest absolute Gasteiger partial charge is 0.125 e. The van der Waals surface area contributed by atoms with Gasteiger partial charge < -0.3 is 15.2 Å². The van der Waals surface area contributed by atoms with E-state index in [9.17, 15) is 5.11 Å². The summed E-state index contributed by atoms with van der Waals surface area (Å²) in [5, 5.41) is 13.4. The normalized spacial score (nSPS) is 23.2. The number of nitrogens with one attached hydrogen (secondary N) is 1. The van der Waals surface area contributed by atoms with Gasteiger partial charge in [-0.3, -0.25) is 0 Å². The number of aliphatic hydroxyl groups is 1. The van der Waals surface area contributed by atoms with Gasteiger partial charge in [-0.15, -0.1) is 0 Å². The monoisotopic (exact) mass is 309 g/mol. The molecule has 2 unspecified atom stereocenters. The molecule has 3 nitrogen and oxygen atoms in total. The highest BCUT2D eigenvalue weighted by Gasteiger charge is 2.28. The second-order valence-electron chi connectivity index (χ2n) is 6.22. The van der Waals surface area contributed by atoms with Gasteiger partial charge in [-0.05, 0) is 50.5 Å². The highest BCUT2D eigenvalue weighted by molar-refractivity contribution is 8.00. The van der Waals surface area contributed by atoms with Crippen LogP contribution in [0.5, 0.6) is 5.75 Å². The zero-order valence-corrected chi connectivity index (χ0v) is 14.1. The highest BCUT2D eigenvalue weighted by atomic mass is 32.2. The molecule has 1 aliphatic heterocycles. The van der Waals surface area contributed by atoms with Crippen molar-refractivity contribution in [1.29, 1.82) is 0 Å². The molecule has 2 rings (SSSR count). The Morgan fingerprint density at radius 2 is 2.10 bits per heavy atom. The molecule has 0 aliphatic carbocycles. The number of thioether (sulfide) groups is 1. The maximum Gasteiger partial charge on any atom is 0.125 e. The van der Waals surface area contributed by atoms with E-state index in [4.69, 9.17) is 4.74 Å².